The molecule has 1 aromatic heterocycles. The van der Waals surface area contributed by atoms with Gasteiger partial charge in [0, 0.05) is 23.1 Å². The van der Waals surface area contributed by atoms with Gasteiger partial charge in [-0.05, 0) is 36.1 Å². The average Bonchev–Trinajstić information content (AvgIpc) is 3.54. The number of nitrogens with two attached hydrogens (primary N) is 1. The maximum atomic E-state index is 12.0. The van der Waals surface area contributed by atoms with Crippen molar-refractivity contribution in [1.82, 2.24) is 9.78 Å². The van der Waals surface area contributed by atoms with Crippen molar-refractivity contribution in [3.63, 3.8) is 0 Å². The van der Waals surface area contributed by atoms with Crippen LogP contribution >= 0.6 is 0 Å². The number of hydrogen-bond donors (Lipinski definition) is 1. The molecule has 1 unspecified atom stereocenters. The average molecular weight is 385 g/mol. The summed E-state index contributed by atoms with van der Waals surface area (Å²) < 4.78 is 7.54. The zero-order valence-corrected chi connectivity index (χ0v) is 16.3. The topological polar surface area (TPSA) is 70.1 Å². The third-order valence-corrected chi connectivity index (χ3v) is 6.03. The van der Waals surface area contributed by atoms with E-state index in [1.165, 1.54) is 5.56 Å². The Morgan fingerprint density at radius 1 is 1.14 bits per heavy atom. The van der Waals surface area contributed by atoms with Gasteiger partial charge in [-0.2, -0.15) is 5.10 Å². The van der Waals surface area contributed by atoms with E-state index in [1.54, 1.807) is 7.11 Å². The molecular weight excluding hydrogens is 362 g/mol. The lowest BCUT2D eigenvalue weighted by Gasteiger charge is -2.35. The third kappa shape index (κ3) is 2.85. The number of aromatic nitrogens is 2. The van der Waals surface area contributed by atoms with Crippen molar-refractivity contribution in [2.75, 3.05) is 7.11 Å². The van der Waals surface area contributed by atoms with Crippen LogP contribution < -0.4 is 10.5 Å². The lowest BCUT2D eigenvalue weighted by molar-refractivity contribution is 0.0994. The van der Waals surface area contributed by atoms with Crippen molar-refractivity contribution in [3.05, 3.63) is 88.8 Å². The maximum Gasteiger partial charge on any atom is 0.269 e. The summed E-state index contributed by atoms with van der Waals surface area (Å²) in [6.45, 7) is 0. The lowest BCUT2D eigenvalue weighted by atomic mass is 9.68. The number of benzene rings is 2. The molecule has 0 radical (unpaired) electrons. The first-order valence-electron chi connectivity index (χ1n) is 9.93. The van der Waals surface area contributed by atoms with Crippen LogP contribution in [0.1, 0.15) is 51.8 Å². The monoisotopic (exact) mass is 385 g/mol. The molecule has 2 aliphatic carbocycles. The van der Waals surface area contributed by atoms with Crippen molar-refractivity contribution in [2.45, 2.75) is 30.7 Å². The second-order valence-electron chi connectivity index (χ2n) is 7.83. The Labute approximate surface area is 169 Å². The van der Waals surface area contributed by atoms with Crippen molar-refractivity contribution in [2.24, 2.45) is 5.73 Å². The molecule has 2 N–H and O–H groups in total. The fraction of sp³-hybridized carbons (Fsp3) is 0.250. The molecule has 0 saturated heterocycles. The Kier molecular flexibility index (Phi) is 4.05. The summed E-state index contributed by atoms with van der Waals surface area (Å²) in [6, 6.07) is 19.0. The molecule has 29 heavy (non-hydrogen) atoms. The van der Waals surface area contributed by atoms with Crippen LogP contribution in [0.2, 0.25) is 0 Å². The first-order chi connectivity index (χ1) is 14.1. The van der Waals surface area contributed by atoms with Crippen LogP contribution in [0.25, 0.3) is 6.08 Å². The third-order valence-electron chi connectivity index (χ3n) is 6.03. The van der Waals surface area contributed by atoms with Gasteiger partial charge in [0.05, 0.1) is 13.2 Å². The molecule has 5 heteroatoms. The molecule has 1 atom stereocenters. The summed E-state index contributed by atoms with van der Waals surface area (Å²) in [5.41, 5.74) is 9.91. The summed E-state index contributed by atoms with van der Waals surface area (Å²) >= 11 is 0. The van der Waals surface area contributed by atoms with Gasteiger partial charge in [-0.1, -0.05) is 54.6 Å². The van der Waals surface area contributed by atoms with Gasteiger partial charge in [-0.15, -0.1) is 0 Å². The summed E-state index contributed by atoms with van der Waals surface area (Å²) in [7, 11) is 1.68. The van der Waals surface area contributed by atoms with Gasteiger partial charge in [0.15, 0.2) is 5.69 Å². The van der Waals surface area contributed by atoms with Crippen LogP contribution in [-0.4, -0.2) is 22.8 Å². The van der Waals surface area contributed by atoms with E-state index < -0.39 is 5.91 Å². The molecule has 1 saturated carbocycles. The van der Waals surface area contributed by atoms with E-state index in [2.05, 4.69) is 47.6 Å². The highest BCUT2D eigenvalue weighted by Crippen LogP contribution is 2.45. The number of ether oxygens (including phenoxy) is 1. The highest BCUT2D eigenvalue weighted by molar-refractivity contribution is 5.95. The molecule has 2 aromatic carbocycles. The smallest absolute Gasteiger partial charge is 0.269 e. The number of hydrogen-bond acceptors (Lipinski definition) is 3. The fourth-order valence-electron chi connectivity index (χ4n) is 4.38. The van der Waals surface area contributed by atoms with Crippen molar-refractivity contribution < 1.29 is 9.53 Å². The number of amides is 1. The lowest BCUT2D eigenvalue weighted by Crippen LogP contribution is -2.31. The van der Waals surface area contributed by atoms with Gasteiger partial charge in [0.25, 0.3) is 5.91 Å². The summed E-state index contributed by atoms with van der Waals surface area (Å²) in [4.78, 5) is 12.0. The predicted molar refractivity (Wildman–Crippen MR) is 112 cm³/mol. The molecule has 0 aliphatic heterocycles. The Hall–Kier alpha value is -3.34. The van der Waals surface area contributed by atoms with Crippen LogP contribution in [0.15, 0.2) is 60.7 Å². The van der Waals surface area contributed by atoms with Crippen molar-refractivity contribution in [1.29, 1.82) is 0 Å². The Morgan fingerprint density at radius 3 is 2.59 bits per heavy atom. The second-order valence-corrected chi connectivity index (χ2v) is 7.83. The Bertz CT molecular complexity index is 1110. The number of rotatable bonds is 5. The Morgan fingerprint density at radius 2 is 1.90 bits per heavy atom. The number of carbonyl (C=O) groups excluding carboxylic acids is 1. The van der Waals surface area contributed by atoms with E-state index in [4.69, 9.17) is 10.5 Å². The minimum Gasteiger partial charge on any atom is -0.497 e. The number of allylic oxidation sites excluding steroid dienone is 1. The van der Waals surface area contributed by atoms with Gasteiger partial charge in [-0.3, -0.25) is 9.48 Å². The SMILES string of the molecule is COc1cccc(C2(c3ccccc3)C=Cc3c(C(N)=O)nn(C4CC4)c3C2)c1. The van der Waals surface area contributed by atoms with Gasteiger partial charge < -0.3 is 10.5 Å². The molecule has 1 heterocycles. The van der Waals surface area contributed by atoms with Crippen LogP contribution in [0, 0.1) is 0 Å². The number of methoxy groups -OCH3 is 1. The van der Waals surface area contributed by atoms with E-state index in [0.717, 1.165) is 35.4 Å². The molecule has 0 spiro atoms. The summed E-state index contributed by atoms with van der Waals surface area (Å²) in [5, 5.41) is 4.61. The number of carbonyl (C=O) groups is 1. The van der Waals surface area contributed by atoms with Crippen molar-refractivity contribution in [3.8, 4) is 5.75 Å². The number of nitrogens with zero attached hydrogens (tertiary/aromatic N) is 2. The first-order valence-corrected chi connectivity index (χ1v) is 9.93. The van der Waals surface area contributed by atoms with Gasteiger partial charge in [-0.25, -0.2) is 0 Å². The second kappa shape index (κ2) is 6.62. The van der Waals surface area contributed by atoms with Crippen LogP contribution in [-0.2, 0) is 11.8 Å². The van der Waals surface area contributed by atoms with Crippen LogP contribution in [0.3, 0.4) is 0 Å². The molecule has 3 aromatic rings. The van der Waals surface area contributed by atoms with E-state index in [-0.39, 0.29) is 5.41 Å². The standard InChI is InChI=1S/C24H23N3O2/c1-29-19-9-5-8-17(14-19)24(16-6-3-2-4-7-16)13-12-20-21(15-24)27(18-10-11-18)26-22(20)23(25)28/h2-9,12-14,18H,10-11,15H2,1H3,(H2,25,28). The Balaban J connectivity index is 1.72. The largest absolute Gasteiger partial charge is 0.497 e. The van der Waals surface area contributed by atoms with Crippen LogP contribution in [0.5, 0.6) is 5.75 Å². The zero-order chi connectivity index (χ0) is 20.0. The van der Waals surface area contributed by atoms with E-state index in [0.29, 0.717) is 18.2 Å². The maximum absolute atomic E-state index is 12.0. The quantitative estimate of drug-likeness (QED) is 0.725. The molecule has 5 nitrogen and oxygen atoms in total. The minimum atomic E-state index is -0.473. The first kappa shape index (κ1) is 17.7. The van der Waals surface area contributed by atoms with Gasteiger partial charge >= 0.3 is 0 Å². The molecule has 2 aliphatic rings. The number of fused-ring (bicyclic) bond motifs is 1. The predicted octanol–water partition coefficient (Wildman–Crippen LogP) is 3.88. The number of primary amides is 1. The van der Waals surface area contributed by atoms with Gasteiger partial charge in [0.1, 0.15) is 5.75 Å². The van der Waals surface area contributed by atoms with Crippen LogP contribution in [0.4, 0.5) is 0 Å². The molecule has 0 bridgehead atoms. The minimum absolute atomic E-state index is 0.363. The molecule has 1 amide bonds. The van der Waals surface area contributed by atoms with E-state index >= 15 is 0 Å². The fourth-order valence-corrected chi connectivity index (χ4v) is 4.38. The molecule has 1 fully saturated rings. The van der Waals surface area contributed by atoms with Gasteiger partial charge in [0.2, 0.25) is 0 Å². The highest BCUT2D eigenvalue weighted by atomic mass is 16.5. The van der Waals surface area contributed by atoms with Crippen molar-refractivity contribution >= 4 is 12.0 Å². The summed E-state index contributed by atoms with van der Waals surface area (Å²) in [5.74, 6) is 0.351. The zero-order valence-electron chi connectivity index (χ0n) is 16.3. The molecule has 5 rings (SSSR count). The van der Waals surface area contributed by atoms with E-state index in [1.807, 2.05) is 29.0 Å². The molecule has 146 valence electrons. The summed E-state index contributed by atoms with van der Waals surface area (Å²) in [6.07, 6.45) is 7.11. The van der Waals surface area contributed by atoms with E-state index in [9.17, 15) is 4.79 Å². The normalized spacial score (nSPS) is 20.3. The molecular formula is C24H23N3O2. The highest BCUT2D eigenvalue weighted by Gasteiger charge is 2.40.